The zero-order valence-electron chi connectivity index (χ0n) is 12.2. The topological polar surface area (TPSA) is 12.0 Å². The lowest BCUT2D eigenvalue weighted by Gasteiger charge is -2.22. The lowest BCUT2D eigenvalue weighted by molar-refractivity contribution is 0.558. The van der Waals surface area contributed by atoms with Crippen LogP contribution in [-0.4, -0.2) is 13.9 Å². The third-order valence-electron chi connectivity index (χ3n) is 3.99. The fourth-order valence-electron chi connectivity index (χ4n) is 2.86. The molecule has 1 aromatic carbocycles. The van der Waals surface area contributed by atoms with Crippen LogP contribution >= 0.6 is 0 Å². The van der Waals surface area contributed by atoms with Gasteiger partial charge in [-0.3, -0.25) is 0 Å². The van der Waals surface area contributed by atoms with Crippen molar-refractivity contribution in [3.8, 4) is 0 Å². The van der Waals surface area contributed by atoms with Gasteiger partial charge in [0.05, 0.1) is 0 Å². The summed E-state index contributed by atoms with van der Waals surface area (Å²) in [5, 5.41) is 3.68. The number of nitrogens with one attached hydrogen (secondary N) is 1. The van der Waals surface area contributed by atoms with Crippen molar-refractivity contribution in [2.24, 2.45) is 0 Å². The molecular weight excluding hydrogens is 229 g/mol. The molecule has 0 radical (unpaired) electrons. The second-order valence-electron chi connectivity index (χ2n) is 5.64. The minimum Gasteiger partial charge on any atom is -0.382 e. The third-order valence-corrected chi connectivity index (χ3v) is 3.99. The maximum absolute atomic E-state index is 3.68. The second-order valence-corrected chi connectivity index (χ2v) is 5.64. The molecule has 0 spiro atoms. The van der Waals surface area contributed by atoms with Crippen molar-refractivity contribution in [3.05, 3.63) is 42.0 Å². The first kappa shape index (κ1) is 14.2. The lowest BCUT2D eigenvalue weighted by Crippen LogP contribution is -2.20. The van der Waals surface area contributed by atoms with Crippen molar-refractivity contribution < 1.29 is 0 Å². The summed E-state index contributed by atoms with van der Waals surface area (Å²) in [6.07, 6.45) is 13.0. The van der Waals surface area contributed by atoms with Crippen LogP contribution < -0.4 is 5.32 Å². The molecule has 1 atom stereocenters. The number of anilines is 1. The van der Waals surface area contributed by atoms with Crippen molar-refractivity contribution in [2.45, 2.75) is 57.3 Å². The molecule has 2 heteroatoms. The fraction of sp³-hybridized carbons (Fsp3) is 0.529. The highest BCUT2D eigenvalue weighted by atomic mass is 14.9. The van der Waals surface area contributed by atoms with E-state index in [0.29, 0.717) is 6.04 Å². The van der Waals surface area contributed by atoms with Gasteiger partial charge in [-0.2, -0.15) is 0 Å². The number of hydrogen-bond donors (Lipinski definition) is 1. The molecular formula is C17H26BN. The van der Waals surface area contributed by atoms with Crippen LogP contribution in [0.3, 0.4) is 0 Å². The molecule has 0 aromatic heterocycles. The minimum absolute atomic E-state index is 0.645. The van der Waals surface area contributed by atoms with Gasteiger partial charge in [0.15, 0.2) is 0 Å². The molecule has 102 valence electrons. The Labute approximate surface area is 118 Å². The Morgan fingerprint density at radius 2 is 2.00 bits per heavy atom. The van der Waals surface area contributed by atoms with Crippen LogP contribution in [0.4, 0.5) is 5.69 Å². The van der Waals surface area contributed by atoms with Crippen LogP contribution in [0.15, 0.2) is 42.0 Å². The molecule has 1 aliphatic rings. The first-order valence-corrected chi connectivity index (χ1v) is 7.88. The predicted octanol–water partition coefficient (Wildman–Crippen LogP) is 4.19. The van der Waals surface area contributed by atoms with Crippen molar-refractivity contribution in [1.82, 2.24) is 0 Å². The van der Waals surface area contributed by atoms with Crippen molar-refractivity contribution >= 4 is 13.5 Å². The van der Waals surface area contributed by atoms with E-state index in [1.807, 2.05) is 0 Å². The molecule has 0 fully saturated rings. The number of allylic oxidation sites excluding steroid dienone is 2. The highest BCUT2D eigenvalue weighted by molar-refractivity contribution is 6.08. The van der Waals surface area contributed by atoms with E-state index in [9.17, 15) is 0 Å². The number of rotatable bonds is 5. The predicted molar refractivity (Wildman–Crippen MR) is 87.6 cm³/mol. The van der Waals surface area contributed by atoms with Crippen LogP contribution in [0.25, 0.3) is 0 Å². The normalized spacial score (nSPS) is 22.9. The van der Waals surface area contributed by atoms with Gasteiger partial charge in [0.2, 0.25) is 0 Å². The van der Waals surface area contributed by atoms with E-state index in [1.165, 1.54) is 57.0 Å². The molecule has 1 aliphatic carbocycles. The van der Waals surface area contributed by atoms with Crippen molar-refractivity contribution in [2.75, 3.05) is 5.32 Å². The van der Waals surface area contributed by atoms with Crippen molar-refractivity contribution in [1.29, 1.82) is 0 Å². The maximum atomic E-state index is 3.68. The molecule has 0 heterocycles. The zero-order valence-corrected chi connectivity index (χ0v) is 12.2. The van der Waals surface area contributed by atoms with Gasteiger partial charge < -0.3 is 5.32 Å². The zero-order chi connectivity index (χ0) is 13.3. The van der Waals surface area contributed by atoms with E-state index in [-0.39, 0.29) is 0 Å². The average Bonchev–Trinajstić information content (AvgIpc) is 2.41. The third kappa shape index (κ3) is 5.14. The monoisotopic (exact) mass is 255 g/mol. The van der Waals surface area contributed by atoms with Gasteiger partial charge in [0.25, 0.3) is 0 Å². The molecule has 0 saturated heterocycles. The average molecular weight is 255 g/mol. The summed E-state index contributed by atoms with van der Waals surface area (Å²) in [4.78, 5) is 0. The van der Waals surface area contributed by atoms with Crippen LogP contribution in [0.1, 0.15) is 44.9 Å². The first-order valence-electron chi connectivity index (χ1n) is 7.88. The second kappa shape index (κ2) is 8.09. The summed E-state index contributed by atoms with van der Waals surface area (Å²) >= 11 is 0. The van der Waals surface area contributed by atoms with Gasteiger partial charge in [0.1, 0.15) is 7.85 Å². The summed E-state index contributed by atoms with van der Waals surface area (Å²) < 4.78 is 0. The largest absolute Gasteiger partial charge is 0.382 e. The Bertz CT molecular complexity index is 386. The summed E-state index contributed by atoms with van der Waals surface area (Å²) in [5.41, 5.74) is 2.98. The molecule has 1 nitrogen and oxygen atoms in total. The molecule has 2 rings (SSSR count). The first-order chi connectivity index (χ1) is 9.38. The molecule has 1 unspecified atom stereocenters. The highest BCUT2D eigenvalue weighted by Gasteiger charge is 2.11. The smallest absolute Gasteiger partial charge is 0.101 e. The Morgan fingerprint density at radius 1 is 1.16 bits per heavy atom. The maximum Gasteiger partial charge on any atom is 0.101 e. The van der Waals surface area contributed by atoms with E-state index in [1.54, 1.807) is 5.57 Å². The SMILES string of the molecule is BCCC/C1=C/CCC(Nc2ccccc2)CCC1. The van der Waals surface area contributed by atoms with E-state index in [2.05, 4.69) is 49.6 Å². The summed E-state index contributed by atoms with van der Waals surface area (Å²) in [5.74, 6) is 0. The van der Waals surface area contributed by atoms with Gasteiger partial charge in [0, 0.05) is 11.7 Å². The molecule has 0 saturated carbocycles. The summed E-state index contributed by atoms with van der Waals surface area (Å²) in [6.45, 7) is 0. The lowest BCUT2D eigenvalue weighted by atomic mass is 9.91. The number of hydrogen-bond acceptors (Lipinski definition) is 1. The van der Waals surface area contributed by atoms with E-state index in [4.69, 9.17) is 0 Å². The molecule has 0 amide bonds. The Kier molecular flexibility index (Phi) is 6.06. The number of benzene rings is 1. The van der Waals surface area contributed by atoms with Gasteiger partial charge in [-0.1, -0.05) is 42.6 Å². The van der Waals surface area contributed by atoms with Gasteiger partial charge in [-0.15, -0.1) is 0 Å². The van der Waals surface area contributed by atoms with Crippen LogP contribution in [0.2, 0.25) is 6.32 Å². The molecule has 0 bridgehead atoms. The minimum atomic E-state index is 0.645. The fourth-order valence-corrected chi connectivity index (χ4v) is 2.86. The summed E-state index contributed by atoms with van der Waals surface area (Å²) in [6, 6.07) is 11.3. The van der Waals surface area contributed by atoms with E-state index in [0.717, 1.165) is 0 Å². The number of para-hydroxylation sites is 1. The quantitative estimate of drug-likeness (QED) is 0.614. The van der Waals surface area contributed by atoms with Crippen LogP contribution in [0.5, 0.6) is 0 Å². The molecule has 19 heavy (non-hydrogen) atoms. The highest BCUT2D eigenvalue weighted by Crippen LogP contribution is 2.23. The van der Waals surface area contributed by atoms with Gasteiger partial charge >= 0.3 is 0 Å². The van der Waals surface area contributed by atoms with Gasteiger partial charge in [-0.05, 0) is 50.7 Å². The molecule has 0 aliphatic heterocycles. The van der Waals surface area contributed by atoms with Crippen LogP contribution in [0, 0.1) is 0 Å². The van der Waals surface area contributed by atoms with Crippen LogP contribution in [-0.2, 0) is 0 Å². The molecule has 1 N–H and O–H groups in total. The van der Waals surface area contributed by atoms with Gasteiger partial charge in [-0.25, -0.2) is 0 Å². The van der Waals surface area contributed by atoms with E-state index < -0.39 is 0 Å². The Hall–Kier alpha value is -1.18. The van der Waals surface area contributed by atoms with E-state index >= 15 is 0 Å². The summed E-state index contributed by atoms with van der Waals surface area (Å²) in [7, 11) is 2.28. The molecule has 1 aromatic rings. The van der Waals surface area contributed by atoms with Crippen molar-refractivity contribution in [3.63, 3.8) is 0 Å². The Balaban J connectivity index is 1.82. The standard InChI is InChI=1S/C17H26BN/c18-14-6-9-15-7-4-12-17(13-5-8-15)19-16-10-2-1-3-11-16/h1-3,7,10-11,17,19H,4-6,8-9,12-14,18H2/b15-7+. The Morgan fingerprint density at radius 3 is 2.79 bits per heavy atom.